The second kappa shape index (κ2) is 6.84. The number of benzene rings is 1. The molecule has 0 saturated carbocycles. The third-order valence-corrected chi connectivity index (χ3v) is 4.07. The Balaban J connectivity index is 1.90. The largest absolute Gasteiger partial charge is 0.325 e. The van der Waals surface area contributed by atoms with Gasteiger partial charge in [-0.25, -0.2) is 0 Å². The SMILES string of the molecule is Cc1cccc(NC(=O)CN2CCCC(CF)C2)c1C. The molecule has 4 heteroatoms. The average Bonchev–Trinajstić information content (AvgIpc) is 2.44. The highest BCUT2D eigenvalue weighted by Crippen LogP contribution is 2.19. The summed E-state index contributed by atoms with van der Waals surface area (Å²) < 4.78 is 12.7. The van der Waals surface area contributed by atoms with Gasteiger partial charge in [0.05, 0.1) is 13.2 Å². The first-order valence-corrected chi connectivity index (χ1v) is 7.24. The maximum Gasteiger partial charge on any atom is 0.238 e. The monoisotopic (exact) mass is 278 g/mol. The molecule has 1 atom stereocenters. The fraction of sp³-hybridized carbons (Fsp3) is 0.562. The lowest BCUT2D eigenvalue weighted by molar-refractivity contribution is -0.117. The van der Waals surface area contributed by atoms with Crippen LogP contribution in [0.25, 0.3) is 0 Å². The van der Waals surface area contributed by atoms with E-state index in [0.29, 0.717) is 13.1 Å². The molecule has 1 N–H and O–H groups in total. The van der Waals surface area contributed by atoms with E-state index < -0.39 is 0 Å². The summed E-state index contributed by atoms with van der Waals surface area (Å²) in [6, 6.07) is 5.89. The van der Waals surface area contributed by atoms with Crippen LogP contribution in [-0.2, 0) is 4.79 Å². The molecule has 1 aliphatic heterocycles. The number of nitrogens with zero attached hydrogens (tertiary/aromatic N) is 1. The summed E-state index contributed by atoms with van der Waals surface area (Å²) in [7, 11) is 0. The van der Waals surface area contributed by atoms with Gasteiger partial charge in [-0.05, 0) is 50.4 Å². The molecule has 20 heavy (non-hydrogen) atoms. The molecule has 1 aromatic rings. The van der Waals surface area contributed by atoms with Crippen LogP contribution in [0.15, 0.2) is 18.2 Å². The Bertz CT molecular complexity index is 476. The molecule has 1 heterocycles. The van der Waals surface area contributed by atoms with E-state index in [1.807, 2.05) is 36.9 Å². The lowest BCUT2D eigenvalue weighted by Crippen LogP contribution is -2.41. The lowest BCUT2D eigenvalue weighted by Gasteiger charge is -2.30. The predicted octanol–water partition coefficient (Wildman–Crippen LogP) is 2.92. The molecule has 2 rings (SSSR count). The number of likely N-dealkylation sites (tertiary alicyclic amines) is 1. The number of halogens is 1. The number of rotatable bonds is 4. The van der Waals surface area contributed by atoms with Gasteiger partial charge in [0.2, 0.25) is 5.91 Å². The Labute approximate surface area is 120 Å². The third-order valence-electron chi connectivity index (χ3n) is 4.07. The van der Waals surface area contributed by atoms with E-state index >= 15 is 0 Å². The Morgan fingerprint density at radius 3 is 3.00 bits per heavy atom. The molecule has 0 radical (unpaired) electrons. The van der Waals surface area contributed by atoms with Gasteiger partial charge in [0, 0.05) is 18.2 Å². The number of alkyl halides is 1. The third kappa shape index (κ3) is 3.79. The van der Waals surface area contributed by atoms with Crippen molar-refractivity contribution in [1.82, 2.24) is 4.90 Å². The van der Waals surface area contributed by atoms with Crippen LogP contribution < -0.4 is 5.32 Å². The Kier molecular flexibility index (Phi) is 5.12. The quantitative estimate of drug-likeness (QED) is 0.918. The minimum atomic E-state index is -0.283. The molecule has 1 aliphatic rings. The predicted molar refractivity (Wildman–Crippen MR) is 79.7 cm³/mol. The van der Waals surface area contributed by atoms with Crippen molar-refractivity contribution < 1.29 is 9.18 Å². The Morgan fingerprint density at radius 1 is 1.45 bits per heavy atom. The maximum atomic E-state index is 12.7. The summed E-state index contributed by atoms with van der Waals surface area (Å²) in [4.78, 5) is 14.1. The molecule has 1 fully saturated rings. The van der Waals surface area contributed by atoms with Crippen LogP contribution in [0.1, 0.15) is 24.0 Å². The fourth-order valence-electron chi connectivity index (χ4n) is 2.70. The number of carbonyl (C=O) groups is 1. The van der Waals surface area contributed by atoms with Gasteiger partial charge in [0.25, 0.3) is 0 Å². The molecule has 0 aliphatic carbocycles. The van der Waals surface area contributed by atoms with Crippen molar-refractivity contribution in [2.45, 2.75) is 26.7 Å². The zero-order chi connectivity index (χ0) is 14.5. The fourth-order valence-corrected chi connectivity index (χ4v) is 2.70. The van der Waals surface area contributed by atoms with Gasteiger partial charge in [-0.2, -0.15) is 0 Å². The second-order valence-electron chi connectivity index (χ2n) is 5.69. The summed E-state index contributed by atoms with van der Waals surface area (Å²) >= 11 is 0. The van der Waals surface area contributed by atoms with E-state index in [9.17, 15) is 9.18 Å². The van der Waals surface area contributed by atoms with E-state index in [-0.39, 0.29) is 18.5 Å². The molecular formula is C16H23FN2O. The van der Waals surface area contributed by atoms with Gasteiger partial charge in [-0.3, -0.25) is 14.1 Å². The zero-order valence-electron chi connectivity index (χ0n) is 12.3. The number of hydrogen-bond donors (Lipinski definition) is 1. The standard InChI is InChI=1S/C16H23FN2O/c1-12-5-3-7-15(13(12)2)18-16(20)11-19-8-4-6-14(9-17)10-19/h3,5,7,14H,4,6,8-11H2,1-2H3,(H,18,20). The normalized spacial score (nSPS) is 19.9. The number of hydrogen-bond acceptors (Lipinski definition) is 2. The molecule has 0 aromatic heterocycles. The first-order chi connectivity index (χ1) is 9.60. The van der Waals surface area contributed by atoms with E-state index in [1.165, 1.54) is 5.56 Å². The minimum Gasteiger partial charge on any atom is -0.325 e. The first-order valence-electron chi connectivity index (χ1n) is 7.24. The molecular weight excluding hydrogens is 255 g/mol. The van der Waals surface area contributed by atoms with Gasteiger partial charge in [0.15, 0.2) is 0 Å². The van der Waals surface area contributed by atoms with Crippen LogP contribution in [0.4, 0.5) is 10.1 Å². The number of aryl methyl sites for hydroxylation is 1. The summed E-state index contributed by atoms with van der Waals surface area (Å²) in [5.41, 5.74) is 3.13. The van der Waals surface area contributed by atoms with Crippen LogP contribution in [0.5, 0.6) is 0 Å². The number of nitrogens with one attached hydrogen (secondary N) is 1. The van der Waals surface area contributed by atoms with Crippen LogP contribution in [0, 0.1) is 19.8 Å². The second-order valence-corrected chi connectivity index (χ2v) is 5.69. The summed E-state index contributed by atoms with van der Waals surface area (Å²) in [6.07, 6.45) is 1.91. The number of carbonyl (C=O) groups excluding carboxylic acids is 1. The molecule has 0 spiro atoms. The summed E-state index contributed by atoms with van der Waals surface area (Å²) in [6.45, 7) is 5.68. The summed E-state index contributed by atoms with van der Waals surface area (Å²) in [5.74, 6) is 0.0791. The van der Waals surface area contributed by atoms with Crippen LogP contribution in [-0.4, -0.2) is 37.1 Å². The van der Waals surface area contributed by atoms with E-state index in [4.69, 9.17) is 0 Å². The highest BCUT2D eigenvalue weighted by molar-refractivity contribution is 5.93. The van der Waals surface area contributed by atoms with Crippen LogP contribution >= 0.6 is 0 Å². The van der Waals surface area contributed by atoms with Gasteiger partial charge < -0.3 is 5.32 Å². The minimum absolute atomic E-state index is 0.0155. The van der Waals surface area contributed by atoms with Gasteiger partial charge >= 0.3 is 0 Å². The number of piperidine rings is 1. The average molecular weight is 278 g/mol. The Hall–Kier alpha value is -1.42. The van der Waals surface area contributed by atoms with Crippen molar-refractivity contribution in [3.05, 3.63) is 29.3 Å². The summed E-state index contributed by atoms with van der Waals surface area (Å²) in [5, 5.41) is 2.96. The van der Waals surface area contributed by atoms with Gasteiger partial charge in [-0.15, -0.1) is 0 Å². The zero-order valence-corrected chi connectivity index (χ0v) is 12.3. The van der Waals surface area contributed by atoms with Crippen molar-refractivity contribution in [3.8, 4) is 0 Å². The van der Waals surface area contributed by atoms with Crippen LogP contribution in [0.2, 0.25) is 0 Å². The van der Waals surface area contributed by atoms with Crippen molar-refractivity contribution in [3.63, 3.8) is 0 Å². The first kappa shape index (κ1) is 15.0. The molecule has 1 unspecified atom stereocenters. The molecule has 1 aromatic carbocycles. The number of amides is 1. The van der Waals surface area contributed by atoms with Crippen LogP contribution in [0.3, 0.4) is 0 Å². The van der Waals surface area contributed by atoms with E-state index in [2.05, 4.69) is 5.32 Å². The van der Waals surface area contributed by atoms with Gasteiger partial charge in [-0.1, -0.05) is 12.1 Å². The lowest BCUT2D eigenvalue weighted by atomic mass is 9.99. The van der Waals surface area contributed by atoms with Crippen molar-refractivity contribution >= 4 is 11.6 Å². The van der Waals surface area contributed by atoms with E-state index in [1.54, 1.807) is 0 Å². The van der Waals surface area contributed by atoms with E-state index in [0.717, 1.165) is 30.6 Å². The molecule has 110 valence electrons. The molecule has 3 nitrogen and oxygen atoms in total. The Morgan fingerprint density at radius 2 is 2.25 bits per heavy atom. The maximum absolute atomic E-state index is 12.7. The molecule has 1 amide bonds. The molecule has 0 bridgehead atoms. The topological polar surface area (TPSA) is 32.3 Å². The van der Waals surface area contributed by atoms with Crippen molar-refractivity contribution in [1.29, 1.82) is 0 Å². The smallest absolute Gasteiger partial charge is 0.238 e. The highest BCUT2D eigenvalue weighted by Gasteiger charge is 2.21. The van der Waals surface area contributed by atoms with Gasteiger partial charge in [0.1, 0.15) is 0 Å². The highest BCUT2D eigenvalue weighted by atomic mass is 19.1. The van der Waals surface area contributed by atoms with Crippen molar-refractivity contribution in [2.75, 3.05) is 31.6 Å². The van der Waals surface area contributed by atoms with Crippen molar-refractivity contribution in [2.24, 2.45) is 5.92 Å². The molecule has 1 saturated heterocycles. The number of anilines is 1.